The lowest BCUT2D eigenvalue weighted by Crippen LogP contribution is -2.38. The van der Waals surface area contributed by atoms with Crippen molar-refractivity contribution in [3.05, 3.63) is 33.4 Å². The van der Waals surface area contributed by atoms with E-state index in [9.17, 15) is 9.59 Å². The van der Waals surface area contributed by atoms with Gasteiger partial charge in [0.05, 0.1) is 11.6 Å². The van der Waals surface area contributed by atoms with Crippen LogP contribution in [0.2, 0.25) is 0 Å². The highest BCUT2D eigenvalue weighted by atomic mass is 32.2. The normalized spacial score (nSPS) is 17.0. The number of nitrogens with one attached hydrogen (secondary N) is 1. The van der Waals surface area contributed by atoms with E-state index >= 15 is 0 Å². The number of aromatic nitrogens is 3. The van der Waals surface area contributed by atoms with Crippen molar-refractivity contribution in [3.8, 4) is 0 Å². The van der Waals surface area contributed by atoms with Crippen molar-refractivity contribution < 1.29 is 9.32 Å². The monoisotopic (exact) mass is 376 g/mol. The van der Waals surface area contributed by atoms with E-state index < -0.39 is 0 Å². The van der Waals surface area contributed by atoms with Crippen molar-refractivity contribution in [1.29, 1.82) is 0 Å². The molecule has 0 radical (unpaired) electrons. The molecular formula is C18H24N4O3S. The van der Waals surface area contributed by atoms with Crippen LogP contribution in [0.1, 0.15) is 44.6 Å². The van der Waals surface area contributed by atoms with Crippen LogP contribution in [0.5, 0.6) is 0 Å². The summed E-state index contributed by atoms with van der Waals surface area (Å²) in [5.74, 6) is 0.399. The number of rotatable bonds is 3. The first-order chi connectivity index (χ1) is 12.2. The number of nitrogens with zero attached hydrogens (tertiary/aromatic N) is 3. The summed E-state index contributed by atoms with van der Waals surface area (Å²) in [7, 11) is 0. The van der Waals surface area contributed by atoms with Crippen molar-refractivity contribution in [3.63, 3.8) is 0 Å². The van der Waals surface area contributed by atoms with Gasteiger partial charge in [-0.2, -0.15) is 0 Å². The minimum absolute atomic E-state index is 0.0466. The van der Waals surface area contributed by atoms with Gasteiger partial charge in [-0.1, -0.05) is 44.6 Å². The fourth-order valence-corrected chi connectivity index (χ4v) is 3.99. The van der Waals surface area contributed by atoms with Gasteiger partial charge < -0.3 is 4.52 Å². The second kappa shape index (κ2) is 6.90. The van der Waals surface area contributed by atoms with E-state index in [4.69, 9.17) is 4.52 Å². The lowest BCUT2D eigenvalue weighted by Gasteiger charge is -2.24. The number of amides is 1. The predicted molar refractivity (Wildman–Crippen MR) is 101 cm³/mol. The molecule has 1 amide bonds. The summed E-state index contributed by atoms with van der Waals surface area (Å²) in [6.45, 7) is 10.2. The zero-order chi connectivity index (χ0) is 19.1. The SMILES string of the molecule is CCc1c(C)nc2n(c1=O)C[C@H](C(=O)Nc1cc(C(C)(C)C)no1)CS2. The molecule has 26 heavy (non-hydrogen) atoms. The van der Waals surface area contributed by atoms with Crippen molar-refractivity contribution in [2.45, 2.75) is 58.2 Å². The Balaban J connectivity index is 1.77. The van der Waals surface area contributed by atoms with Crippen molar-refractivity contribution in [1.82, 2.24) is 14.7 Å². The van der Waals surface area contributed by atoms with Gasteiger partial charge in [-0.15, -0.1) is 0 Å². The topological polar surface area (TPSA) is 90.0 Å². The molecule has 2 aromatic heterocycles. The molecule has 140 valence electrons. The number of hydrogen-bond donors (Lipinski definition) is 1. The molecule has 0 aromatic carbocycles. The van der Waals surface area contributed by atoms with Gasteiger partial charge in [0.2, 0.25) is 11.8 Å². The largest absolute Gasteiger partial charge is 0.338 e. The zero-order valence-corrected chi connectivity index (χ0v) is 16.6. The number of carbonyl (C=O) groups is 1. The second-order valence-electron chi connectivity index (χ2n) is 7.55. The summed E-state index contributed by atoms with van der Waals surface area (Å²) in [5, 5.41) is 7.47. The molecule has 0 saturated carbocycles. The minimum atomic E-state index is -0.331. The first-order valence-electron chi connectivity index (χ1n) is 8.72. The van der Waals surface area contributed by atoms with Crippen LogP contribution in [0.15, 0.2) is 20.5 Å². The third-order valence-corrected chi connectivity index (χ3v) is 5.64. The van der Waals surface area contributed by atoms with Crippen LogP contribution >= 0.6 is 11.8 Å². The molecule has 1 N–H and O–H groups in total. The summed E-state index contributed by atoms with van der Waals surface area (Å²) < 4.78 is 6.84. The van der Waals surface area contributed by atoms with Gasteiger partial charge in [0.1, 0.15) is 0 Å². The molecule has 3 rings (SSSR count). The second-order valence-corrected chi connectivity index (χ2v) is 8.54. The molecule has 2 aromatic rings. The Bertz CT molecular complexity index is 895. The molecular weight excluding hydrogens is 352 g/mol. The molecule has 0 fully saturated rings. The summed E-state index contributed by atoms with van der Waals surface area (Å²) >= 11 is 1.44. The summed E-state index contributed by atoms with van der Waals surface area (Å²) in [6, 6.07) is 1.74. The molecule has 0 bridgehead atoms. The van der Waals surface area contributed by atoms with Crippen molar-refractivity contribution >= 4 is 23.6 Å². The standard InChI is InChI=1S/C18H24N4O3S/c1-6-12-10(2)19-17-22(16(12)24)8-11(9-26-17)15(23)20-14-7-13(21-25-14)18(3,4)5/h7,11H,6,8-9H2,1-5H3,(H,20,23)/t11-/m0/s1. The summed E-state index contributed by atoms with van der Waals surface area (Å²) in [5.41, 5.74) is 2.06. The highest BCUT2D eigenvalue weighted by molar-refractivity contribution is 7.99. The molecule has 1 atom stereocenters. The van der Waals surface area contributed by atoms with Crippen LogP contribution in [0.25, 0.3) is 0 Å². The summed E-state index contributed by atoms with van der Waals surface area (Å²) in [4.78, 5) is 29.8. The fourth-order valence-electron chi connectivity index (χ4n) is 2.87. The molecule has 3 heterocycles. The van der Waals surface area contributed by atoms with Crippen LogP contribution < -0.4 is 10.9 Å². The maximum Gasteiger partial charge on any atom is 0.257 e. The molecule has 0 aliphatic carbocycles. The number of thioether (sulfide) groups is 1. The van der Waals surface area contributed by atoms with E-state index in [1.807, 2.05) is 34.6 Å². The molecule has 0 spiro atoms. The summed E-state index contributed by atoms with van der Waals surface area (Å²) in [6.07, 6.45) is 0.632. The number of anilines is 1. The van der Waals surface area contributed by atoms with Crippen LogP contribution in [0.3, 0.4) is 0 Å². The Morgan fingerprint density at radius 1 is 1.46 bits per heavy atom. The van der Waals surface area contributed by atoms with E-state index in [-0.39, 0.29) is 22.8 Å². The first-order valence-corrected chi connectivity index (χ1v) is 9.70. The molecule has 1 aliphatic heterocycles. The van der Waals surface area contributed by atoms with E-state index in [2.05, 4.69) is 15.5 Å². The quantitative estimate of drug-likeness (QED) is 0.829. The molecule has 0 saturated heterocycles. The highest BCUT2D eigenvalue weighted by Gasteiger charge is 2.29. The fraction of sp³-hybridized carbons (Fsp3) is 0.556. The van der Waals surface area contributed by atoms with E-state index in [1.54, 1.807) is 10.6 Å². The van der Waals surface area contributed by atoms with Crippen LogP contribution in [-0.2, 0) is 23.2 Å². The van der Waals surface area contributed by atoms with E-state index in [0.29, 0.717) is 35.3 Å². The van der Waals surface area contributed by atoms with Gasteiger partial charge in [0, 0.05) is 35.0 Å². The third-order valence-electron chi connectivity index (χ3n) is 4.50. The van der Waals surface area contributed by atoms with Crippen LogP contribution in [-0.4, -0.2) is 26.4 Å². The van der Waals surface area contributed by atoms with Gasteiger partial charge in [-0.3, -0.25) is 19.5 Å². The van der Waals surface area contributed by atoms with Crippen LogP contribution in [0, 0.1) is 12.8 Å². The lowest BCUT2D eigenvalue weighted by molar-refractivity contribution is -0.119. The number of hydrogen-bond acceptors (Lipinski definition) is 6. The average Bonchev–Trinajstić information content (AvgIpc) is 3.03. The van der Waals surface area contributed by atoms with Gasteiger partial charge in [-0.25, -0.2) is 4.98 Å². The van der Waals surface area contributed by atoms with Gasteiger partial charge in [-0.05, 0) is 13.3 Å². The molecule has 7 nitrogen and oxygen atoms in total. The third kappa shape index (κ3) is 3.56. The van der Waals surface area contributed by atoms with E-state index in [1.165, 1.54) is 11.8 Å². The minimum Gasteiger partial charge on any atom is -0.338 e. The maximum atomic E-state index is 12.7. The molecule has 1 aliphatic rings. The predicted octanol–water partition coefficient (Wildman–Crippen LogP) is 2.76. The maximum absolute atomic E-state index is 12.7. The van der Waals surface area contributed by atoms with Gasteiger partial charge in [0.15, 0.2) is 5.16 Å². The highest BCUT2D eigenvalue weighted by Crippen LogP contribution is 2.28. The molecule has 8 heteroatoms. The van der Waals surface area contributed by atoms with Crippen molar-refractivity contribution in [2.24, 2.45) is 5.92 Å². The van der Waals surface area contributed by atoms with Crippen LogP contribution in [0.4, 0.5) is 5.88 Å². The van der Waals surface area contributed by atoms with E-state index in [0.717, 1.165) is 11.4 Å². The first kappa shape index (κ1) is 18.7. The lowest BCUT2D eigenvalue weighted by atomic mass is 9.92. The van der Waals surface area contributed by atoms with Crippen molar-refractivity contribution in [2.75, 3.05) is 11.1 Å². The van der Waals surface area contributed by atoms with Gasteiger partial charge >= 0.3 is 0 Å². The Labute approximate surface area is 156 Å². The Morgan fingerprint density at radius 3 is 2.81 bits per heavy atom. The Hall–Kier alpha value is -2.09. The van der Waals surface area contributed by atoms with Gasteiger partial charge in [0.25, 0.3) is 5.56 Å². The Kier molecular flexibility index (Phi) is 4.96. The number of aryl methyl sites for hydroxylation is 1. The number of fused-ring (bicyclic) bond motifs is 1. The Morgan fingerprint density at radius 2 is 2.19 bits per heavy atom. The zero-order valence-electron chi connectivity index (χ0n) is 15.8. The molecule has 0 unspecified atom stereocenters. The average molecular weight is 376 g/mol. The smallest absolute Gasteiger partial charge is 0.257 e. The number of carbonyl (C=O) groups excluding carboxylic acids is 1.